The van der Waals surface area contributed by atoms with Crippen molar-refractivity contribution in [2.45, 2.75) is 32.4 Å². The van der Waals surface area contributed by atoms with Crippen molar-refractivity contribution in [2.24, 2.45) is 5.73 Å². The van der Waals surface area contributed by atoms with Gasteiger partial charge < -0.3 is 5.73 Å². The molecule has 156 valence electrons. The molecule has 0 spiro atoms. The molecule has 0 bridgehead atoms. The summed E-state index contributed by atoms with van der Waals surface area (Å²) in [5.41, 5.74) is 5.71. The van der Waals surface area contributed by atoms with E-state index >= 15 is 0 Å². The van der Waals surface area contributed by atoms with Crippen molar-refractivity contribution in [3.8, 4) is 6.07 Å². The Labute approximate surface area is 168 Å². The van der Waals surface area contributed by atoms with Crippen LogP contribution in [0.15, 0.2) is 30.3 Å². The van der Waals surface area contributed by atoms with Crippen LogP contribution in [0.3, 0.4) is 0 Å². The van der Waals surface area contributed by atoms with E-state index in [4.69, 9.17) is 5.73 Å². The van der Waals surface area contributed by atoms with E-state index in [1.54, 1.807) is 6.92 Å². The summed E-state index contributed by atoms with van der Waals surface area (Å²) in [6.07, 6.45) is 1.12. The summed E-state index contributed by atoms with van der Waals surface area (Å²) < 4.78 is 66.9. The Kier molecular flexibility index (Phi) is 6.07. The van der Waals surface area contributed by atoms with Crippen LogP contribution in [0.2, 0.25) is 0 Å². The predicted molar refractivity (Wildman–Crippen MR) is 106 cm³/mol. The summed E-state index contributed by atoms with van der Waals surface area (Å²) in [6.45, 7) is 2.20. The Bertz CT molecular complexity index is 944. The molecule has 10 heteroatoms. The minimum Gasteiger partial charge on any atom is -0.330 e. The quantitative estimate of drug-likeness (QED) is 0.645. The molecule has 1 heterocycles. The van der Waals surface area contributed by atoms with E-state index in [0.29, 0.717) is 42.6 Å². The monoisotopic (exact) mass is 426 g/mol. The van der Waals surface area contributed by atoms with E-state index in [-0.39, 0.29) is 12.2 Å². The molecule has 1 aliphatic rings. The highest BCUT2D eigenvalue weighted by Gasteiger charge is 2.42. The molecule has 3 rings (SSSR count). The van der Waals surface area contributed by atoms with Crippen LogP contribution in [0.5, 0.6) is 0 Å². The van der Waals surface area contributed by atoms with Gasteiger partial charge in [-0.3, -0.25) is 9.11 Å². The van der Waals surface area contributed by atoms with Crippen LogP contribution in [0, 0.1) is 28.8 Å². The Morgan fingerprint density at radius 3 is 2.45 bits per heavy atom. The van der Waals surface area contributed by atoms with Crippen LogP contribution in [0.1, 0.15) is 30.9 Å². The fraction of sp³-hybridized carbons (Fsp3) is 0.316. The summed E-state index contributed by atoms with van der Waals surface area (Å²) in [7, 11) is -3.90. The Balaban J connectivity index is 2.21. The number of fused-ring (bicyclic) bond motifs is 1. The molecule has 0 aliphatic carbocycles. The second-order valence-corrected chi connectivity index (χ2v) is 8.63. The maximum absolute atomic E-state index is 14.6. The van der Waals surface area contributed by atoms with Crippen molar-refractivity contribution in [2.75, 3.05) is 10.8 Å². The smallest absolute Gasteiger partial charge is 0.154 e. The highest BCUT2D eigenvalue weighted by Crippen LogP contribution is 2.60. The van der Waals surface area contributed by atoms with Crippen molar-refractivity contribution in [1.29, 1.82) is 5.26 Å². The summed E-state index contributed by atoms with van der Waals surface area (Å²) in [6, 6.07) is 6.89. The van der Waals surface area contributed by atoms with Crippen molar-refractivity contribution >= 4 is 22.3 Å². The number of hydrogen-bond acceptors (Lipinski definition) is 6. The first-order chi connectivity index (χ1) is 13.7. The van der Waals surface area contributed by atoms with Gasteiger partial charge in [-0.25, -0.2) is 17.5 Å². The molecule has 0 aromatic heterocycles. The molecule has 29 heavy (non-hydrogen) atoms. The summed E-state index contributed by atoms with van der Waals surface area (Å²) >= 11 is 0. The van der Waals surface area contributed by atoms with Gasteiger partial charge in [0.1, 0.15) is 11.5 Å². The lowest BCUT2D eigenvalue weighted by molar-refractivity contribution is 0.269. The largest absolute Gasteiger partial charge is 0.330 e. The molecular weight excluding hydrogens is 405 g/mol. The lowest BCUT2D eigenvalue weighted by Crippen LogP contribution is -2.46. The molecule has 1 unspecified atom stereocenters. The van der Waals surface area contributed by atoms with Gasteiger partial charge in [0.25, 0.3) is 0 Å². The van der Waals surface area contributed by atoms with E-state index in [9.17, 15) is 27.5 Å². The number of hydrogen-bond donors (Lipinski definition) is 3. The molecule has 0 amide bonds. The van der Waals surface area contributed by atoms with Gasteiger partial charge in [-0.2, -0.15) is 9.57 Å². The predicted octanol–water partition coefficient (Wildman–Crippen LogP) is 4.64. The SMILES string of the molecule is CC(CCCN)N1Cc2cc(C#N)ccc2N(c2c(F)cc(F)cc2F)S1(O)O. The molecular formula is C19H21F3N4O2S. The standard InChI is InChI=1S/C19H21F3N4O2S/c1-12(3-2-6-23)25-11-14-7-13(10-24)4-5-18(14)26(29(25,27)28)19-16(21)8-15(20)9-17(19)22/h4-5,7-9,12,27-28H,2-3,6,11,23H2,1H3. The Hall–Kier alpha value is -2.29. The van der Waals surface area contributed by atoms with E-state index in [2.05, 4.69) is 0 Å². The zero-order chi connectivity index (χ0) is 21.3. The topological polar surface area (TPSA) is 96.8 Å². The molecule has 2 aromatic carbocycles. The van der Waals surface area contributed by atoms with Crippen molar-refractivity contribution in [1.82, 2.24) is 4.31 Å². The highest BCUT2D eigenvalue weighted by atomic mass is 32.3. The number of rotatable bonds is 5. The minimum absolute atomic E-state index is 0.0554. The normalized spacial score (nSPS) is 18.1. The number of halogens is 3. The molecule has 0 fully saturated rings. The van der Waals surface area contributed by atoms with Gasteiger partial charge in [0, 0.05) is 24.7 Å². The third kappa shape index (κ3) is 3.92. The fourth-order valence-corrected chi connectivity index (χ4v) is 5.37. The minimum atomic E-state index is -3.90. The fourth-order valence-electron chi connectivity index (χ4n) is 3.40. The molecule has 1 aliphatic heterocycles. The number of nitrogens with zero attached hydrogens (tertiary/aromatic N) is 3. The molecule has 6 nitrogen and oxygen atoms in total. The molecule has 4 N–H and O–H groups in total. The maximum atomic E-state index is 14.6. The molecule has 1 atom stereocenters. The van der Waals surface area contributed by atoms with Gasteiger partial charge in [-0.15, -0.1) is 0 Å². The van der Waals surface area contributed by atoms with Crippen LogP contribution < -0.4 is 10.0 Å². The first kappa shape index (κ1) is 21.4. The van der Waals surface area contributed by atoms with Crippen molar-refractivity contribution in [3.05, 3.63) is 58.9 Å². The number of nitrogens with two attached hydrogens (primary N) is 1. The third-order valence-corrected chi connectivity index (χ3v) is 6.80. The Morgan fingerprint density at radius 1 is 1.21 bits per heavy atom. The average molecular weight is 426 g/mol. The van der Waals surface area contributed by atoms with E-state index in [0.717, 1.165) is 4.31 Å². The molecule has 0 saturated heterocycles. The van der Waals surface area contributed by atoms with Gasteiger partial charge in [0.15, 0.2) is 11.6 Å². The van der Waals surface area contributed by atoms with Gasteiger partial charge in [-0.05, 0) is 61.0 Å². The van der Waals surface area contributed by atoms with E-state index < -0.39 is 40.1 Å². The number of benzene rings is 2. The van der Waals surface area contributed by atoms with Crippen molar-refractivity contribution in [3.63, 3.8) is 0 Å². The second kappa shape index (κ2) is 8.22. The zero-order valence-electron chi connectivity index (χ0n) is 15.6. The van der Waals surface area contributed by atoms with Gasteiger partial charge >= 0.3 is 0 Å². The van der Waals surface area contributed by atoms with Crippen LogP contribution >= 0.6 is 11.0 Å². The van der Waals surface area contributed by atoms with E-state index in [1.807, 2.05) is 6.07 Å². The molecule has 0 saturated carbocycles. The van der Waals surface area contributed by atoms with Gasteiger partial charge in [-0.1, -0.05) is 0 Å². The first-order valence-electron chi connectivity index (χ1n) is 8.93. The summed E-state index contributed by atoms with van der Waals surface area (Å²) in [5.74, 6) is -3.66. The zero-order valence-corrected chi connectivity index (χ0v) is 16.5. The molecule has 0 radical (unpaired) electrons. The summed E-state index contributed by atoms with van der Waals surface area (Å²) in [5, 5.41) is 9.19. The number of anilines is 2. The van der Waals surface area contributed by atoms with Crippen LogP contribution in [-0.4, -0.2) is 26.0 Å². The van der Waals surface area contributed by atoms with Gasteiger partial charge in [0.05, 0.1) is 17.3 Å². The first-order valence-corrected chi connectivity index (χ1v) is 10.4. The average Bonchev–Trinajstić information content (AvgIpc) is 2.66. The van der Waals surface area contributed by atoms with Crippen LogP contribution in [0.4, 0.5) is 24.5 Å². The second-order valence-electron chi connectivity index (χ2n) is 6.81. The van der Waals surface area contributed by atoms with Crippen molar-refractivity contribution < 1.29 is 22.3 Å². The third-order valence-electron chi connectivity index (χ3n) is 4.82. The summed E-state index contributed by atoms with van der Waals surface area (Å²) in [4.78, 5) is 0. The van der Waals surface area contributed by atoms with Crippen LogP contribution in [-0.2, 0) is 6.54 Å². The van der Waals surface area contributed by atoms with Crippen LogP contribution in [0.25, 0.3) is 0 Å². The van der Waals surface area contributed by atoms with Gasteiger partial charge in [0.2, 0.25) is 0 Å². The lowest BCUT2D eigenvalue weighted by atomic mass is 10.1. The maximum Gasteiger partial charge on any atom is 0.154 e. The highest BCUT2D eigenvalue weighted by molar-refractivity contribution is 8.23. The Morgan fingerprint density at radius 2 is 1.86 bits per heavy atom. The van der Waals surface area contributed by atoms with E-state index in [1.165, 1.54) is 22.5 Å². The lowest BCUT2D eigenvalue weighted by Gasteiger charge is -2.55. The molecule has 2 aromatic rings. The number of nitriles is 1.